The summed E-state index contributed by atoms with van der Waals surface area (Å²) in [5.41, 5.74) is 3.51. The predicted molar refractivity (Wildman–Crippen MR) is 92.3 cm³/mol. The smallest absolute Gasteiger partial charge is 0.134 e. The van der Waals surface area contributed by atoms with Crippen molar-refractivity contribution in [1.82, 2.24) is 0 Å². The molecule has 2 aromatic carbocycles. The Morgan fingerprint density at radius 2 is 1.73 bits per heavy atom. The first-order valence-corrected chi connectivity index (χ1v) is 7.80. The molecule has 2 nitrogen and oxygen atoms in total. The Morgan fingerprint density at radius 3 is 2.50 bits per heavy atom. The second-order valence-electron chi connectivity index (χ2n) is 5.14. The molecule has 0 fully saturated rings. The summed E-state index contributed by atoms with van der Waals surface area (Å²) in [6.07, 6.45) is 1.01. The van der Waals surface area contributed by atoms with Gasteiger partial charge in [0.25, 0.3) is 0 Å². The van der Waals surface area contributed by atoms with Gasteiger partial charge in [-0.25, -0.2) is 0 Å². The van der Waals surface area contributed by atoms with Crippen LogP contribution in [0.15, 0.2) is 65.1 Å². The molecule has 0 radical (unpaired) electrons. The van der Waals surface area contributed by atoms with Crippen molar-refractivity contribution in [3.8, 4) is 11.3 Å². The molecule has 0 saturated heterocycles. The summed E-state index contributed by atoms with van der Waals surface area (Å²) in [5.74, 6) is 1.77. The summed E-state index contributed by atoms with van der Waals surface area (Å²) in [7, 11) is 0. The lowest BCUT2D eigenvalue weighted by Gasteiger charge is -2.09. The van der Waals surface area contributed by atoms with Crippen molar-refractivity contribution in [3.63, 3.8) is 0 Å². The van der Waals surface area contributed by atoms with Crippen LogP contribution < -0.4 is 5.32 Å². The molecule has 0 saturated carbocycles. The Bertz CT molecular complexity index is 746. The molecule has 112 valence electrons. The highest BCUT2D eigenvalue weighted by Crippen LogP contribution is 2.24. The van der Waals surface area contributed by atoms with Gasteiger partial charge in [0.1, 0.15) is 11.5 Å². The monoisotopic (exact) mass is 311 g/mol. The van der Waals surface area contributed by atoms with Gasteiger partial charge in [0.2, 0.25) is 0 Å². The quantitative estimate of drug-likeness (QED) is 0.646. The minimum absolute atomic E-state index is 0.671. The molecule has 0 spiro atoms. The number of para-hydroxylation sites is 1. The predicted octanol–water partition coefficient (Wildman–Crippen LogP) is 5.77. The van der Waals surface area contributed by atoms with Crippen LogP contribution >= 0.6 is 11.6 Å². The van der Waals surface area contributed by atoms with E-state index in [1.165, 1.54) is 5.56 Å². The topological polar surface area (TPSA) is 25.2 Å². The Morgan fingerprint density at radius 1 is 0.955 bits per heavy atom. The fraction of sp³-hybridized carbons (Fsp3) is 0.158. The van der Waals surface area contributed by atoms with Gasteiger partial charge in [0.05, 0.1) is 6.54 Å². The molecule has 0 unspecified atom stereocenters. The van der Waals surface area contributed by atoms with Crippen LogP contribution in [0.2, 0.25) is 5.02 Å². The van der Waals surface area contributed by atoms with Gasteiger partial charge in [0.15, 0.2) is 0 Å². The first-order chi connectivity index (χ1) is 10.8. The molecule has 1 aromatic heterocycles. The lowest BCUT2D eigenvalue weighted by molar-refractivity contribution is 0.531. The fourth-order valence-corrected chi connectivity index (χ4v) is 2.55. The number of halogens is 1. The molecule has 0 amide bonds. The number of aryl methyl sites for hydroxylation is 1. The van der Waals surface area contributed by atoms with Gasteiger partial charge in [-0.05, 0) is 54.4 Å². The zero-order valence-electron chi connectivity index (χ0n) is 12.5. The van der Waals surface area contributed by atoms with E-state index in [1.807, 2.05) is 42.5 Å². The molecule has 1 heterocycles. The zero-order valence-corrected chi connectivity index (χ0v) is 13.2. The van der Waals surface area contributed by atoms with Crippen LogP contribution in [0.25, 0.3) is 11.3 Å². The first-order valence-electron chi connectivity index (χ1n) is 7.42. The van der Waals surface area contributed by atoms with E-state index in [2.05, 4.69) is 30.4 Å². The summed E-state index contributed by atoms with van der Waals surface area (Å²) >= 11 is 5.91. The Kier molecular flexibility index (Phi) is 4.50. The van der Waals surface area contributed by atoms with E-state index < -0.39 is 0 Å². The van der Waals surface area contributed by atoms with E-state index >= 15 is 0 Å². The van der Waals surface area contributed by atoms with Crippen molar-refractivity contribution in [2.75, 3.05) is 5.32 Å². The third kappa shape index (κ3) is 3.34. The second kappa shape index (κ2) is 6.71. The molecule has 3 heteroatoms. The van der Waals surface area contributed by atoms with Crippen molar-refractivity contribution >= 4 is 17.3 Å². The average molecular weight is 312 g/mol. The number of rotatable bonds is 5. The van der Waals surface area contributed by atoms with Crippen molar-refractivity contribution in [2.45, 2.75) is 19.9 Å². The van der Waals surface area contributed by atoms with E-state index in [1.54, 1.807) is 0 Å². The highest BCUT2D eigenvalue weighted by atomic mass is 35.5. The minimum Gasteiger partial charge on any atom is -0.459 e. The molecule has 0 aliphatic heterocycles. The van der Waals surface area contributed by atoms with Gasteiger partial charge in [-0.1, -0.05) is 36.7 Å². The first kappa shape index (κ1) is 14.7. The van der Waals surface area contributed by atoms with E-state index in [9.17, 15) is 0 Å². The molecule has 3 rings (SSSR count). The third-order valence-electron chi connectivity index (χ3n) is 3.64. The lowest BCUT2D eigenvalue weighted by Crippen LogP contribution is -2.00. The Hall–Kier alpha value is -2.19. The van der Waals surface area contributed by atoms with E-state index in [-0.39, 0.29) is 0 Å². The molecule has 0 atom stereocenters. The van der Waals surface area contributed by atoms with Gasteiger partial charge in [-0.2, -0.15) is 0 Å². The molecule has 1 N–H and O–H groups in total. The number of furan rings is 1. The van der Waals surface area contributed by atoms with Crippen LogP contribution in [0.1, 0.15) is 18.2 Å². The largest absolute Gasteiger partial charge is 0.459 e. The van der Waals surface area contributed by atoms with E-state index in [4.69, 9.17) is 16.0 Å². The number of nitrogens with one attached hydrogen (secondary N) is 1. The summed E-state index contributed by atoms with van der Waals surface area (Å²) in [4.78, 5) is 0. The number of anilines is 1. The molecule has 0 aliphatic carbocycles. The summed E-state index contributed by atoms with van der Waals surface area (Å²) in [6.45, 7) is 2.83. The van der Waals surface area contributed by atoms with Crippen LogP contribution in [0.3, 0.4) is 0 Å². The van der Waals surface area contributed by atoms with Crippen LogP contribution in [0, 0.1) is 0 Å². The van der Waals surface area contributed by atoms with E-state index in [0.717, 1.165) is 34.2 Å². The molecule has 22 heavy (non-hydrogen) atoms. The maximum absolute atomic E-state index is 5.91. The summed E-state index contributed by atoms with van der Waals surface area (Å²) < 4.78 is 5.90. The van der Waals surface area contributed by atoms with Gasteiger partial charge >= 0.3 is 0 Å². The zero-order chi connectivity index (χ0) is 15.4. The van der Waals surface area contributed by atoms with Crippen molar-refractivity contribution in [2.24, 2.45) is 0 Å². The molecule has 0 aliphatic rings. The summed E-state index contributed by atoms with van der Waals surface area (Å²) in [5, 5.41) is 4.17. The maximum Gasteiger partial charge on any atom is 0.134 e. The van der Waals surface area contributed by atoms with Gasteiger partial charge in [-0.3, -0.25) is 0 Å². The minimum atomic E-state index is 0.671. The third-order valence-corrected chi connectivity index (χ3v) is 3.89. The normalized spacial score (nSPS) is 10.6. The SMILES string of the molecule is CCc1ccccc1NCc1ccc(-c2ccc(Cl)cc2)o1. The number of benzene rings is 2. The van der Waals surface area contributed by atoms with Crippen LogP contribution in [0.4, 0.5) is 5.69 Å². The number of hydrogen-bond acceptors (Lipinski definition) is 2. The highest BCUT2D eigenvalue weighted by molar-refractivity contribution is 6.30. The van der Waals surface area contributed by atoms with Gasteiger partial charge in [0, 0.05) is 16.3 Å². The van der Waals surface area contributed by atoms with E-state index in [0.29, 0.717) is 6.54 Å². The molecule has 3 aromatic rings. The van der Waals surface area contributed by atoms with Crippen LogP contribution in [0.5, 0.6) is 0 Å². The Labute approximate surface area is 135 Å². The van der Waals surface area contributed by atoms with Crippen molar-refractivity contribution in [1.29, 1.82) is 0 Å². The molecular formula is C19H18ClNO. The van der Waals surface area contributed by atoms with Gasteiger partial charge < -0.3 is 9.73 Å². The van der Waals surface area contributed by atoms with Crippen molar-refractivity contribution < 1.29 is 4.42 Å². The molecule has 0 bridgehead atoms. The molecular weight excluding hydrogens is 294 g/mol. The summed E-state index contributed by atoms with van der Waals surface area (Å²) in [6, 6.07) is 20.0. The van der Waals surface area contributed by atoms with Gasteiger partial charge in [-0.15, -0.1) is 0 Å². The van der Waals surface area contributed by atoms with Crippen LogP contribution in [-0.2, 0) is 13.0 Å². The standard InChI is InChI=1S/C19H18ClNO/c1-2-14-5-3-4-6-18(14)21-13-17-11-12-19(22-17)15-7-9-16(20)10-8-15/h3-12,21H,2,13H2,1H3. The van der Waals surface area contributed by atoms with Crippen molar-refractivity contribution in [3.05, 3.63) is 77.0 Å². The maximum atomic E-state index is 5.91. The Balaban J connectivity index is 1.71. The lowest BCUT2D eigenvalue weighted by atomic mass is 10.1. The number of hydrogen-bond donors (Lipinski definition) is 1. The average Bonchev–Trinajstić information content (AvgIpc) is 3.03. The fourth-order valence-electron chi connectivity index (χ4n) is 2.43. The van der Waals surface area contributed by atoms with Crippen LogP contribution in [-0.4, -0.2) is 0 Å². The second-order valence-corrected chi connectivity index (χ2v) is 5.57. The highest BCUT2D eigenvalue weighted by Gasteiger charge is 2.06.